The van der Waals surface area contributed by atoms with Gasteiger partial charge in [-0.2, -0.15) is 0 Å². The van der Waals surface area contributed by atoms with Crippen molar-refractivity contribution in [2.75, 3.05) is 50.3 Å². The van der Waals surface area contributed by atoms with E-state index in [0.717, 1.165) is 51.0 Å². The topological polar surface area (TPSA) is 259 Å². The molecule has 4 N–H and O–H groups in total. The zero-order chi connectivity index (χ0) is 50.6. The van der Waals surface area contributed by atoms with Gasteiger partial charge in [0.2, 0.25) is 10.0 Å². The molecule has 18 nitrogen and oxygen atoms in total. The van der Waals surface area contributed by atoms with Crippen molar-refractivity contribution in [3.63, 3.8) is 0 Å². The minimum absolute atomic E-state index is 0.0786. The van der Waals surface area contributed by atoms with Crippen molar-refractivity contribution in [2.45, 2.75) is 32.6 Å². The number of thiophene rings is 2. The minimum atomic E-state index is -4.08. The van der Waals surface area contributed by atoms with E-state index in [1.54, 1.807) is 39.8 Å². The van der Waals surface area contributed by atoms with E-state index >= 15 is 0 Å². The van der Waals surface area contributed by atoms with Gasteiger partial charge >= 0.3 is 31.5 Å². The Balaban J connectivity index is 1.11. The van der Waals surface area contributed by atoms with Gasteiger partial charge < -0.3 is 38.6 Å². The second-order valence-electron chi connectivity index (χ2n) is 14.5. The average Bonchev–Trinajstić information content (AvgIpc) is 3.97. The Labute approximate surface area is 410 Å². The Morgan fingerprint density at radius 3 is 1.61 bits per heavy atom. The van der Waals surface area contributed by atoms with Crippen LogP contribution >= 0.6 is 30.3 Å². The Kier molecular flexibility index (Phi) is 17.7. The molecular weight excluding hydrogens is 986 g/mol. The summed E-state index contributed by atoms with van der Waals surface area (Å²) in [5, 5.41) is 10.8. The van der Waals surface area contributed by atoms with Crippen molar-refractivity contribution in [3.05, 3.63) is 131 Å². The lowest BCUT2D eigenvalue weighted by atomic mass is 10.0. The quantitative estimate of drug-likeness (QED) is 0.0348. The Morgan fingerprint density at radius 2 is 1.07 bits per heavy atom. The summed E-state index contributed by atoms with van der Waals surface area (Å²) in [5.41, 5.74) is 3.35. The van der Waals surface area contributed by atoms with Crippen LogP contribution in [0.3, 0.4) is 0 Å². The highest BCUT2D eigenvalue weighted by Crippen LogP contribution is 2.47. The van der Waals surface area contributed by atoms with Crippen LogP contribution in [0.2, 0.25) is 0 Å². The van der Waals surface area contributed by atoms with Crippen molar-refractivity contribution >= 4 is 92.0 Å². The fraction of sp³-hybridized carbons (Fsp3) is 0.208. The van der Waals surface area contributed by atoms with E-state index in [0.29, 0.717) is 9.75 Å². The lowest BCUT2D eigenvalue weighted by Crippen LogP contribution is -2.22. The van der Waals surface area contributed by atoms with E-state index in [-0.39, 0.29) is 68.9 Å². The van der Waals surface area contributed by atoms with Crippen LogP contribution in [-0.4, -0.2) is 83.8 Å². The van der Waals surface area contributed by atoms with Gasteiger partial charge in [0, 0.05) is 9.75 Å². The van der Waals surface area contributed by atoms with Crippen LogP contribution in [0.1, 0.15) is 68.4 Å². The predicted molar refractivity (Wildman–Crippen MR) is 263 cm³/mol. The Bertz CT molecular complexity index is 3050. The molecule has 0 saturated heterocycles. The molecule has 2 aromatic heterocycles. The number of benzene rings is 4. The monoisotopic (exact) mass is 1030 g/mol. The standard InChI is InChI=1S/C48H46N3O15PS3/c1-5-61-47(56)37-25-39(69-44(37)51-42(53)28-63-45(54)33-20-22-35(23-21-33)67(58,65-7-3)66-8-4)31-16-12-29(13-17-31)30-14-18-32(19-15-30)40-26-38(43(68-40)48(57)62-6-2)50-41(52)27-64-46(55)34-10-9-11-36(24-34)70(49,59)60/h9-26H,5-8,27-28H2,1-4H3,(H,50,52)(H,51,53)(H2,49,59,60). The van der Waals surface area contributed by atoms with Gasteiger partial charge in [-0.3, -0.25) is 14.2 Å². The molecule has 0 radical (unpaired) electrons. The van der Waals surface area contributed by atoms with Crippen LogP contribution in [0.4, 0.5) is 10.7 Å². The molecule has 0 aliphatic carbocycles. The summed E-state index contributed by atoms with van der Waals surface area (Å²) < 4.78 is 67.9. The molecular formula is C48H46N3O15PS3. The van der Waals surface area contributed by atoms with Crippen LogP contribution in [0.25, 0.3) is 32.0 Å². The highest BCUT2D eigenvalue weighted by molar-refractivity contribution is 7.89. The van der Waals surface area contributed by atoms with E-state index in [1.165, 1.54) is 42.5 Å². The van der Waals surface area contributed by atoms with Gasteiger partial charge in [0.25, 0.3) is 11.8 Å². The summed E-state index contributed by atoms with van der Waals surface area (Å²) in [6, 6.07) is 28.6. The normalized spacial score (nSPS) is 11.3. The number of carbonyl (C=O) groups excluding carboxylic acids is 6. The molecule has 0 spiro atoms. The first-order valence-corrected chi connectivity index (χ1v) is 26.1. The van der Waals surface area contributed by atoms with Gasteiger partial charge in [0.05, 0.1) is 59.0 Å². The second kappa shape index (κ2) is 23.6. The van der Waals surface area contributed by atoms with Crippen molar-refractivity contribution in [1.29, 1.82) is 0 Å². The number of sulfonamides is 1. The molecule has 0 saturated carbocycles. The van der Waals surface area contributed by atoms with Crippen molar-refractivity contribution in [2.24, 2.45) is 5.14 Å². The van der Waals surface area contributed by atoms with Gasteiger partial charge in [0.15, 0.2) is 13.2 Å². The number of hydrogen-bond acceptors (Lipinski definition) is 17. The fourth-order valence-electron chi connectivity index (χ4n) is 6.50. The van der Waals surface area contributed by atoms with Crippen molar-refractivity contribution in [1.82, 2.24) is 0 Å². The number of nitrogens with one attached hydrogen (secondary N) is 2. The lowest BCUT2D eigenvalue weighted by Gasteiger charge is -2.17. The molecule has 0 aliphatic heterocycles. The number of amides is 2. The summed E-state index contributed by atoms with van der Waals surface area (Å²) in [5.74, 6) is -4.57. The van der Waals surface area contributed by atoms with E-state index in [9.17, 15) is 41.8 Å². The number of carbonyl (C=O) groups is 6. The minimum Gasteiger partial charge on any atom is -0.462 e. The molecule has 0 atom stereocenters. The van der Waals surface area contributed by atoms with Gasteiger partial charge in [-0.05, 0) is 105 Å². The van der Waals surface area contributed by atoms with Crippen molar-refractivity contribution < 1.29 is 69.7 Å². The van der Waals surface area contributed by atoms with Gasteiger partial charge in [-0.15, -0.1) is 22.7 Å². The van der Waals surface area contributed by atoms with Crippen LogP contribution in [-0.2, 0) is 52.2 Å². The molecule has 22 heteroatoms. The molecule has 0 fully saturated rings. The summed E-state index contributed by atoms with van der Waals surface area (Å²) >= 11 is 2.22. The SMILES string of the molecule is CCOC(=O)c1cc(-c2ccc(-c3ccc(-c4cc(NC(=O)COC(=O)c5cccc(S(N)(=O)=O)c5)c(C(=O)OCC)s4)cc3)cc2)sc1NC(=O)COC(=O)c1ccc(P(=O)(OCC)OCC)cc1. The largest absolute Gasteiger partial charge is 0.462 e. The maximum atomic E-state index is 13.1. The highest BCUT2D eigenvalue weighted by Gasteiger charge is 2.28. The zero-order valence-corrected chi connectivity index (χ0v) is 41.4. The first-order chi connectivity index (χ1) is 33.5. The molecule has 6 rings (SSSR count). The zero-order valence-electron chi connectivity index (χ0n) is 38.0. The number of rotatable bonds is 21. The molecule has 0 bridgehead atoms. The molecule has 0 aliphatic rings. The third-order valence-corrected chi connectivity index (χ3v) is 15.0. The summed E-state index contributed by atoms with van der Waals surface area (Å²) in [7, 11) is -7.66. The number of anilines is 2. The number of primary sulfonamides is 1. The smallest absolute Gasteiger partial charge is 0.361 e. The van der Waals surface area contributed by atoms with Crippen LogP contribution in [0.5, 0.6) is 0 Å². The van der Waals surface area contributed by atoms with Crippen LogP contribution in [0, 0.1) is 0 Å². The van der Waals surface area contributed by atoms with E-state index in [1.807, 2.05) is 48.5 Å². The summed E-state index contributed by atoms with van der Waals surface area (Å²) in [4.78, 5) is 78.3. The Hall–Kier alpha value is -6.84. The fourth-order valence-corrected chi connectivity index (χ4v) is 10.7. The number of nitrogens with two attached hydrogens (primary N) is 1. The van der Waals surface area contributed by atoms with E-state index in [4.69, 9.17) is 33.1 Å². The van der Waals surface area contributed by atoms with E-state index in [2.05, 4.69) is 10.6 Å². The highest BCUT2D eigenvalue weighted by atomic mass is 32.2. The van der Waals surface area contributed by atoms with Gasteiger partial charge in [0.1, 0.15) is 9.88 Å². The summed E-state index contributed by atoms with van der Waals surface area (Å²) in [6.07, 6.45) is 0. The van der Waals surface area contributed by atoms with Gasteiger partial charge in [-0.25, -0.2) is 32.7 Å². The maximum Gasteiger partial charge on any atom is 0.361 e. The predicted octanol–water partition coefficient (Wildman–Crippen LogP) is 8.29. The van der Waals surface area contributed by atoms with Crippen LogP contribution in [0.15, 0.2) is 114 Å². The Morgan fingerprint density at radius 1 is 0.557 bits per heavy atom. The molecule has 0 unspecified atom stereocenters. The van der Waals surface area contributed by atoms with E-state index < -0.39 is 66.5 Å². The number of ether oxygens (including phenoxy) is 4. The maximum absolute atomic E-state index is 13.1. The number of hydrogen-bond donors (Lipinski definition) is 3. The third kappa shape index (κ3) is 13.3. The molecule has 2 amide bonds. The van der Waals surface area contributed by atoms with Crippen molar-refractivity contribution in [3.8, 4) is 32.0 Å². The molecule has 366 valence electrons. The second-order valence-corrected chi connectivity index (χ2v) is 20.2. The molecule has 6 aromatic rings. The van der Waals surface area contributed by atoms with Gasteiger partial charge in [-0.1, -0.05) is 54.6 Å². The third-order valence-electron chi connectivity index (χ3n) is 9.70. The molecule has 4 aromatic carbocycles. The first-order valence-electron chi connectivity index (χ1n) is 21.4. The average molecular weight is 1030 g/mol. The molecule has 70 heavy (non-hydrogen) atoms. The first kappa shape index (κ1) is 52.5. The molecule has 2 heterocycles. The van der Waals surface area contributed by atoms with Crippen LogP contribution < -0.4 is 21.1 Å². The number of esters is 4. The summed E-state index contributed by atoms with van der Waals surface area (Å²) in [6.45, 7) is 5.74. The lowest BCUT2D eigenvalue weighted by molar-refractivity contribution is -0.119.